The number of carbonyl (C=O) groups excluding carboxylic acids is 1. The Hall–Kier alpha value is -3.14. The quantitative estimate of drug-likeness (QED) is 0.466. The van der Waals surface area contributed by atoms with Gasteiger partial charge in [-0.25, -0.2) is 14.5 Å². The highest BCUT2D eigenvalue weighted by atomic mass is 35.5. The molecule has 0 saturated heterocycles. The molecular formula is C19H20Cl2N6O3. The van der Waals surface area contributed by atoms with Gasteiger partial charge in [-0.15, -0.1) is 10.2 Å². The van der Waals surface area contributed by atoms with E-state index in [9.17, 15) is 9.59 Å². The summed E-state index contributed by atoms with van der Waals surface area (Å²) in [6, 6.07) is 13.5. The molecule has 0 unspecified atom stereocenters. The zero-order valence-electron chi connectivity index (χ0n) is 16.5. The van der Waals surface area contributed by atoms with E-state index in [1.54, 1.807) is 37.3 Å². The molecule has 0 atom stereocenters. The highest BCUT2D eigenvalue weighted by molar-refractivity contribution is 6.42. The van der Waals surface area contributed by atoms with Crippen molar-refractivity contribution in [3.63, 3.8) is 0 Å². The van der Waals surface area contributed by atoms with Crippen molar-refractivity contribution in [1.82, 2.24) is 19.9 Å². The molecule has 0 saturated carbocycles. The van der Waals surface area contributed by atoms with E-state index in [1.807, 2.05) is 18.2 Å². The molecule has 0 spiro atoms. The first-order valence-electron chi connectivity index (χ1n) is 8.55. The highest BCUT2D eigenvalue weighted by Gasteiger charge is 2.09. The van der Waals surface area contributed by atoms with E-state index in [0.717, 1.165) is 9.74 Å². The van der Waals surface area contributed by atoms with Crippen molar-refractivity contribution in [2.24, 2.45) is 0 Å². The van der Waals surface area contributed by atoms with Crippen molar-refractivity contribution < 1.29 is 9.63 Å². The second-order valence-electron chi connectivity index (χ2n) is 5.88. The van der Waals surface area contributed by atoms with E-state index in [1.165, 1.54) is 14.2 Å². The van der Waals surface area contributed by atoms with Crippen molar-refractivity contribution in [2.75, 3.05) is 25.3 Å². The molecule has 11 heteroatoms. The summed E-state index contributed by atoms with van der Waals surface area (Å²) in [6.07, 6.45) is 0. The van der Waals surface area contributed by atoms with Crippen LogP contribution in [0.1, 0.15) is 5.82 Å². The molecular weight excluding hydrogens is 431 g/mol. The Bertz CT molecular complexity index is 1080. The van der Waals surface area contributed by atoms with E-state index >= 15 is 0 Å². The molecule has 9 nitrogen and oxygen atoms in total. The summed E-state index contributed by atoms with van der Waals surface area (Å²) in [5.74, 6) is 5.91. The predicted molar refractivity (Wildman–Crippen MR) is 117 cm³/mol. The van der Waals surface area contributed by atoms with Crippen LogP contribution in [-0.2, 0) is 4.84 Å². The van der Waals surface area contributed by atoms with Crippen molar-refractivity contribution in [1.29, 1.82) is 0 Å². The second kappa shape index (κ2) is 10.6. The number of carbonyl (C=O) groups is 1. The summed E-state index contributed by atoms with van der Waals surface area (Å²) in [6.45, 7) is 1.63. The summed E-state index contributed by atoms with van der Waals surface area (Å²) < 4.78 is 0.995. The molecule has 1 heterocycles. The maximum Gasteiger partial charge on any atom is 0.345 e. The van der Waals surface area contributed by atoms with Crippen LogP contribution in [0.5, 0.6) is 0 Å². The van der Waals surface area contributed by atoms with Gasteiger partial charge in [0, 0.05) is 18.3 Å². The van der Waals surface area contributed by atoms with E-state index in [4.69, 9.17) is 33.9 Å². The lowest BCUT2D eigenvalue weighted by molar-refractivity contribution is -0.0598. The van der Waals surface area contributed by atoms with E-state index in [2.05, 4.69) is 15.5 Å². The van der Waals surface area contributed by atoms with Crippen LogP contribution in [0.3, 0.4) is 0 Å². The number of amides is 2. The molecule has 158 valence electrons. The Labute approximate surface area is 182 Å². The standard InChI is InChI=1S/C10H10N4O.C9H10Cl2N2O2/c1-7-12-13-9(10(15)14(7)11)8-5-3-2-4-6-8;1-13(15-2)9(14)12-6-3-4-7(10)8(11)5-6/h2-6H,11H2,1H3;3-5H,1-2H3,(H,12,14). The molecule has 2 aromatic carbocycles. The maximum atomic E-state index is 11.7. The smallest absolute Gasteiger partial charge is 0.335 e. The van der Waals surface area contributed by atoms with Crippen LogP contribution in [0.25, 0.3) is 11.3 Å². The number of benzene rings is 2. The van der Waals surface area contributed by atoms with Crippen molar-refractivity contribution in [3.8, 4) is 11.3 Å². The van der Waals surface area contributed by atoms with Gasteiger partial charge in [-0.05, 0) is 25.1 Å². The summed E-state index contributed by atoms with van der Waals surface area (Å²) >= 11 is 11.5. The highest BCUT2D eigenvalue weighted by Crippen LogP contribution is 2.25. The third kappa shape index (κ3) is 5.93. The lowest BCUT2D eigenvalue weighted by Gasteiger charge is -2.14. The number of nitrogens with two attached hydrogens (primary N) is 1. The molecule has 3 rings (SSSR count). The third-order valence-corrected chi connectivity index (χ3v) is 4.58. The van der Waals surface area contributed by atoms with Crippen LogP contribution in [0.4, 0.5) is 10.5 Å². The molecule has 0 radical (unpaired) electrons. The molecule has 0 aliphatic carbocycles. The summed E-state index contributed by atoms with van der Waals surface area (Å²) in [5, 5.41) is 12.1. The Kier molecular flexibility index (Phi) is 8.16. The van der Waals surface area contributed by atoms with Gasteiger partial charge >= 0.3 is 6.03 Å². The average Bonchev–Trinajstić information content (AvgIpc) is 2.75. The number of hydroxylamine groups is 2. The average molecular weight is 451 g/mol. The number of aryl methyl sites for hydroxylation is 1. The lowest BCUT2D eigenvalue weighted by Crippen LogP contribution is -2.32. The fraction of sp³-hybridized carbons (Fsp3) is 0.158. The van der Waals surface area contributed by atoms with Gasteiger partial charge in [0.05, 0.1) is 17.2 Å². The van der Waals surface area contributed by atoms with Crippen molar-refractivity contribution >= 4 is 34.9 Å². The number of nitrogens with zero attached hydrogens (tertiary/aromatic N) is 4. The number of nitrogen functional groups attached to an aromatic ring is 1. The minimum absolute atomic E-state index is 0.267. The zero-order valence-corrected chi connectivity index (χ0v) is 18.0. The van der Waals surface area contributed by atoms with Crippen LogP contribution in [0, 0.1) is 6.92 Å². The van der Waals surface area contributed by atoms with Crippen molar-refractivity contribution in [3.05, 3.63) is 74.8 Å². The number of hydrogen-bond donors (Lipinski definition) is 2. The van der Waals surface area contributed by atoms with Gasteiger partial charge in [0.15, 0.2) is 11.5 Å². The first-order valence-corrected chi connectivity index (χ1v) is 9.31. The Balaban J connectivity index is 0.000000214. The van der Waals surface area contributed by atoms with Crippen LogP contribution < -0.4 is 16.7 Å². The first kappa shape index (κ1) is 23.1. The predicted octanol–water partition coefficient (Wildman–Crippen LogP) is 3.35. The first-order chi connectivity index (χ1) is 14.2. The van der Waals surface area contributed by atoms with Gasteiger partial charge in [-0.3, -0.25) is 9.63 Å². The minimum Gasteiger partial charge on any atom is -0.335 e. The number of nitrogens with one attached hydrogen (secondary N) is 1. The number of halogens is 2. The normalized spacial score (nSPS) is 10.0. The van der Waals surface area contributed by atoms with Crippen LogP contribution >= 0.6 is 23.2 Å². The number of urea groups is 1. The summed E-state index contributed by atoms with van der Waals surface area (Å²) in [4.78, 5) is 27.8. The Morgan fingerprint density at radius 2 is 1.80 bits per heavy atom. The number of aromatic nitrogens is 3. The van der Waals surface area contributed by atoms with E-state index < -0.39 is 6.03 Å². The van der Waals surface area contributed by atoms with Crippen LogP contribution in [0.2, 0.25) is 10.0 Å². The molecule has 3 aromatic rings. The number of anilines is 1. The van der Waals surface area contributed by atoms with E-state index in [0.29, 0.717) is 27.1 Å². The molecule has 0 aliphatic heterocycles. The molecule has 0 aliphatic rings. The fourth-order valence-electron chi connectivity index (χ4n) is 2.11. The molecule has 3 N–H and O–H groups in total. The van der Waals surface area contributed by atoms with Crippen molar-refractivity contribution in [2.45, 2.75) is 6.92 Å². The van der Waals surface area contributed by atoms with Gasteiger partial charge in [-0.2, -0.15) is 0 Å². The monoisotopic (exact) mass is 450 g/mol. The van der Waals surface area contributed by atoms with Crippen LogP contribution in [0.15, 0.2) is 53.3 Å². The maximum absolute atomic E-state index is 11.7. The lowest BCUT2D eigenvalue weighted by atomic mass is 10.2. The molecule has 1 aromatic heterocycles. The second-order valence-corrected chi connectivity index (χ2v) is 6.69. The largest absolute Gasteiger partial charge is 0.345 e. The minimum atomic E-state index is -0.393. The fourth-order valence-corrected chi connectivity index (χ4v) is 2.41. The Morgan fingerprint density at radius 3 is 2.40 bits per heavy atom. The van der Waals surface area contributed by atoms with E-state index in [-0.39, 0.29) is 11.3 Å². The third-order valence-electron chi connectivity index (χ3n) is 3.84. The zero-order chi connectivity index (χ0) is 22.3. The molecule has 2 amide bonds. The molecule has 0 bridgehead atoms. The summed E-state index contributed by atoms with van der Waals surface area (Å²) in [5.41, 5.74) is 1.20. The molecule has 30 heavy (non-hydrogen) atoms. The van der Waals surface area contributed by atoms with Gasteiger partial charge in [0.2, 0.25) is 0 Å². The SMILES string of the molecule is CON(C)C(=O)Nc1ccc(Cl)c(Cl)c1.Cc1nnc(-c2ccccc2)c(=O)n1N. The van der Waals surface area contributed by atoms with Gasteiger partial charge < -0.3 is 11.2 Å². The molecule has 0 fully saturated rings. The summed E-state index contributed by atoms with van der Waals surface area (Å²) in [7, 11) is 2.89. The Morgan fingerprint density at radius 1 is 1.13 bits per heavy atom. The number of rotatable bonds is 3. The van der Waals surface area contributed by atoms with Gasteiger partial charge in [-0.1, -0.05) is 53.5 Å². The number of hydrogen-bond acceptors (Lipinski definition) is 6. The topological polar surface area (TPSA) is 115 Å². The van der Waals surface area contributed by atoms with Gasteiger partial charge in [0.1, 0.15) is 0 Å². The van der Waals surface area contributed by atoms with Crippen LogP contribution in [-0.4, -0.2) is 40.1 Å². The van der Waals surface area contributed by atoms with Gasteiger partial charge in [0.25, 0.3) is 5.56 Å².